The molecule has 9 heteroatoms. The number of thioether (sulfide) groups is 1. The summed E-state index contributed by atoms with van der Waals surface area (Å²) in [5.74, 6) is -0.0700. The maximum absolute atomic E-state index is 13.8. The van der Waals surface area contributed by atoms with Crippen molar-refractivity contribution in [1.82, 2.24) is 14.8 Å². The van der Waals surface area contributed by atoms with E-state index < -0.39 is 5.82 Å². The molecule has 1 amide bonds. The molecule has 3 rings (SSSR count). The molecule has 3 aromatic rings. The predicted octanol–water partition coefficient (Wildman–Crippen LogP) is 4.77. The summed E-state index contributed by atoms with van der Waals surface area (Å²) >= 11 is 10.3. The van der Waals surface area contributed by atoms with Crippen LogP contribution in [-0.2, 0) is 11.8 Å². The Morgan fingerprint density at radius 2 is 2.00 bits per heavy atom. The molecule has 1 aromatic heterocycles. The standard InChI is InChI=1S/C17H13BrClFN4OS/c1-24-16(10-2-5-12(19)6-3-10)22-23-17(24)26-9-15(25)21-14-7-4-11(18)8-13(14)20/h2-8H,9H2,1H3,(H,21,25). The van der Waals surface area contributed by atoms with Gasteiger partial charge in [-0.25, -0.2) is 4.39 Å². The summed E-state index contributed by atoms with van der Waals surface area (Å²) in [7, 11) is 1.82. The minimum atomic E-state index is -0.499. The molecule has 0 spiro atoms. The van der Waals surface area contributed by atoms with Crippen LogP contribution in [0.2, 0.25) is 5.02 Å². The summed E-state index contributed by atoms with van der Waals surface area (Å²) in [4.78, 5) is 12.1. The van der Waals surface area contributed by atoms with Crippen molar-refractivity contribution < 1.29 is 9.18 Å². The highest BCUT2D eigenvalue weighted by atomic mass is 79.9. The lowest BCUT2D eigenvalue weighted by Gasteiger charge is -2.07. The van der Waals surface area contributed by atoms with Crippen LogP contribution >= 0.6 is 39.3 Å². The van der Waals surface area contributed by atoms with Gasteiger partial charge in [-0.05, 0) is 42.5 Å². The van der Waals surface area contributed by atoms with Crippen LogP contribution in [0.15, 0.2) is 52.1 Å². The number of nitrogens with one attached hydrogen (secondary N) is 1. The number of aromatic nitrogens is 3. The summed E-state index contributed by atoms with van der Waals surface area (Å²) in [5.41, 5.74) is 1.01. The Kier molecular flexibility index (Phi) is 5.95. The summed E-state index contributed by atoms with van der Waals surface area (Å²) < 4.78 is 16.2. The van der Waals surface area contributed by atoms with E-state index in [4.69, 9.17) is 11.6 Å². The smallest absolute Gasteiger partial charge is 0.234 e. The van der Waals surface area contributed by atoms with Gasteiger partial charge in [-0.3, -0.25) is 4.79 Å². The van der Waals surface area contributed by atoms with Crippen molar-refractivity contribution >= 4 is 50.9 Å². The molecule has 0 aliphatic rings. The number of rotatable bonds is 5. The van der Waals surface area contributed by atoms with E-state index in [1.54, 1.807) is 22.8 Å². The first-order valence-corrected chi connectivity index (χ1v) is 9.63. The molecule has 0 saturated heterocycles. The monoisotopic (exact) mass is 454 g/mol. The van der Waals surface area contributed by atoms with E-state index in [9.17, 15) is 9.18 Å². The van der Waals surface area contributed by atoms with E-state index in [0.29, 0.717) is 20.5 Å². The second-order valence-electron chi connectivity index (χ2n) is 5.33. The molecule has 0 aliphatic carbocycles. The van der Waals surface area contributed by atoms with E-state index in [0.717, 1.165) is 5.56 Å². The van der Waals surface area contributed by atoms with Gasteiger partial charge in [0, 0.05) is 22.1 Å². The zero-order valence-electron chi connectivity index (χ0n) is 13.5. The van der Waals surface area contributed by atoms with Gasteiger partial charge in [-0.1, -0.05) is 39.3 Å². The van der Waals surface area contributed by atoms with E-state index >= 15 is 0 Å². The first kappa shape index (κ1) is 18.9. The normalized spacial score (nSPS) is 10.8. The lowest BCUT2D eigenvalue weighted by Crippen LogP contribution is -2.15. The number of hydrogen-bond donors (Lipinski definition) is 1. The molecule has 26 heavy (non-hydrogen) atoms. The summed E-state index contributed by atoms with van der Waals surface area (Å²) in [6.07, 6.45) is 0. The van der Waals surface area contributed by atoms with Crippen molar-refractivity contribution in [2.45, 2.75) is 5.16 Å². The number of carbonyl (C=O) groups excluding carboxylic acids is 1. The van der Waals surface area contributed by atoms with Crippen molar-refractivity contribution in [1.29, 1.82) is 0 Å². The predicted molar refractivity (Wildman–Crippen MR) is 105 cm³/mol. The van der Waals surface area contributed by atoms with Gasteiger partial charge in [0.2, 0.25) is 5.91 Å². The van der Waals surface area contributed by atoms with E-state index in [1.807, 2.05) is 19.2 Å². The second kappa shape index (κ2) is 8.20. The Hall–Kier alpha value is -1.90. The fourth-order valence-corrected chi connectivity index (χ4v) is 3.37. The molecule has 0 bridgehead atoms. The maximum atomic E-state index is 13.8. The number of amides is 1. The van der Waals surface area contributed by atoms with Gasteiger partial charge in [0.05, 0.1) is 11.4 Å². The Morgan fingerprint density at radius 1 is 1.27 bits per heavy atom. The van der Waals surface area contributed by atoms with Crippen LogP contribution in [-0.4, -0.2) is 26.4 Å². The molecule has 1 heterocycles. The zero-order chi connectivity index (χ0) is 18.7. The van der Waals surface area contributed by atoms with Crippen molar-refractivity contribution in [3.05, 3.63) is 57.8 Å². The first-order valence-electron chi connectivity index (χ1n) is 7.47. The fraction of sp³-hybridized carbons (Fsp3) is 0.118. The second-order valence-corrected chi connectivity index (χ2v) is 7.63. The molecule has 0 atom stereocenters. The van der Waals surface area contributed by atoms with Gasteiger partial charge in [-0.15, -0.1) is 10.2 Å². The number of nitrogens with zero attached hydrogens (tertiary/aromatic N) is 3. The van der Waals surface area contributed by atoms with Crippen LogP contribution in [0.1, 0.15) is 0 Å². The lowest BCUT2D eigenvalue weighted by molar-refractivity contribution is -0.113. The third-order valence-corrected chi connectivity index (χ3v) is 5.24. The van der Waals surface area contributed by atoms with Crippen molar-refractivity contribution in [3.63, 3.8) is 0 Å². The van der Waals surface area contributed by atoms with Crippen molar-refractivity contribution in [2.24, 2.45) is 7.05 Å². The molecule has 0 saturated carbocycles. The molecule has 134 valence electrons. The fourth-order valence-electron chi connectivity index (χ4n) is 2.20. The zero-order valence-corrected chi connectivity index (χ0v) is 16.7. The van der Waals surface area contributed by atoms with Crippen LogP contribution in [0.5, 0.6) is 0 Å². The van der Waals surface area contributed by atoms with Gasteiger partial charge in [-0.2, -0.15) is 0 Å². The SMILES string of the molecule is Cn1c(SCC(=O)Nc2ccc(Br)cc2F)nnc1-c1ccc(Cl)cc1. The lowest BCUT2D eigenvalue weighted by atomic mass is 10.2. The Bertz CT molecular complexity index is 948. The Labute approximate surface area is 167 Å². The van der Waals surface area contributed by atoms with Gasteiger partial charge < -0.3 is 9.88 Å². The highest BCUT2D eigenvalue weighted by Gasteiger charge is 2.14. The van der Waals surface area contributed by atoms with Crippen LogP contribution in [0.4, 0.5) is 10.1 Å². The Balaban J connectivity index is 1.64. The molecule has 0 fully saturated rings. The van der Waals surface area contributed by atoms with Gasteiger partial charge in [0.15, 0.2) is 11.0 Å². The number of halogens is 3. The molecule has 1 N–H and O–H groups in total. The minimum absolute atomic E-state index is 0.0854. The highest BCUT2D eigenvalue weighted by molar-refractivity contribution is 9.10. The topological polar surface area (TPSA) is 59.8 Å². The molecular weight excluding hydrogens is 443 g/mol. The first-order chi connectivity index (χ1) is 12.4. The molecule has 5 nitrogen and oxygen atoms in total. The number of hydrogen-bond acceptors (Lipinski definition) is 4. The molecule has 0 aliphatic heterocycles. The minimum Gasteiger partial charge on any atom is -0.323 e. The quantitative estimate of drug-likeness (QED) is 0.563. The van der Waals surface area contributed by atoms with Crippen molar-refractivity contribution in [3.8, 4) is 11.4 Å². The van der Waals surface area contributed by atoms with E-state index in [2.05, 4.69) is 31.4 Å². The van der Waals surface area contributed by atoms with Crippen LogP contribution in [0.3, 0.4) is 0 Å². The third kappa shape index (κ3) is 4.44. The summed E-state index contributed by atoms with van der Waals surface area (Å²) in [5, 5.41) is 12.0. The average molecular weight is 456 g/mol. The number of anilines is 1. The summed E-state index contributed by atoms with van der Waals surface area (Å²) in [6, 6.07) is 11.7. The maximum Gasteiger partial charge on any atom is 0.234 e. The van der Waals surface area contributed by atoms with E-state index in [1.165, 1.54) is 23.9 Å². The highest BCUT2D eigenvalue weighted by Crippen LogP contribution is 2.24. The average Bonchev–Trinajstić information content (AvgIpc) is 2.97. The molecule has 2 aromatic carbocycles. The Morgan fingerprint density at radius 3 is 2.69 bits per heavy atom. The molecule has 0 radical (unpaired) electrons. The summed E-state index contributed by atoms with van der Waals surface area (Å²) in [6.45, 7) is 0. The van der Waals surface area contributed by atoms with Crippen molar-refractivity contribution in [2.75, 3.05) is 11.1 Å². The van der Waals surface area contributed by atoms with Crippen LogP contribution < -0.4 is 5.32 Å². The van der Waals surface area contributed by atoms with Crippen LogP contribution in [0.25, 0.3) is 11.4 Å². The largest absolute Gasteiger partial charge is 0.323 e. The van der Waals surface area contributed by atoms with Crippen LogP contribution in [0, 0.1) is 5.82 Å². The van der Waals surface area contributed by atoms with Gasteiger partial charge in [0.1, 0.15) is 5.82 Å². The number of benzene rings is 2. The molecule has 0 unspecified atom stereocenters. The number of carbonyl (C=O) groups is 1. The third-order valence-electron chi connectivity index (χ3n) is 3.47. The van der Waals surface area contributed by atoms with Gasteiger partial charge in [0.25, 0.3) is 0 Å². The van der Waals surface area contributed by atoms with E-state index in [-0.39, 0.29) is 17.3 Å². The molecular formula is C17H13BrClFN4OS. The van der Waals surface area contributed by atoms with Gasteiger partial charge >= 0.3 is 0 Å².